The molecule has 0 aromatic heterocycles. The van der Waals surface area contributed by atoms with E-state index in [2.05, 4.69) is 0 Å². The van der Waals surface area contributed by atoms with Gasteiger partial charge in [-0.1, -0.05) is 0 Å². The first-order chi connectivity index (χ1) is 2.73. The quantitative estimate of drug-likeness (QED) is 0.430. The van der Waals surface area contributed by atoms with E-state index in [0.717, 1.165) is 0 Å². The molecule has 0 amide bonds. The van der Waals surface area contributed by atoms with Gasteiger partial charge in [0.15, 0.2) is 0 Å². The maximum absolute atomic E-state index is 8.74. The van der Waals surface area contributed by atoms with Crippen LogP contribution in [0, 0.1) is 0 Å². The molecule has 0 aromatic rings. The molecule has 0 spiro atoms. The SMILES string of the molecule is O=[PH](O)O.[Mo].[O]=[W]. The van der Waals surface area contributed by atoms with Crippen LogP contribution in [0.2, 0.25) is 0 Å². The predicted octanol–water partition coefficient (Wildman–Crippen LogP) is -0.763. The molecule has 0 rings (SSSR count). The van der Waals surface area contributed by atoms with Crippen molar-refractivity contribution in [3.05, 3.63) is 0 Å². The third-order valence-electron chi connectivity index (χ3n) is 0. The van der Waals surface area contributed by atoms with Crippen molar-refractivity contribution in [2.24, 2.45) is 0 Å². The second-order valence-corrected chi connectivity index (χ2v) is 0.848. The van der Waals surface area contributed by atoms with Gasteiger partial charge >= 0.3 is 31.4 Å². The summed E-state index contributed by atoms with van der Waals surface area (Å²) in [6, 6.07) is 0. The average molecular weight is 378 g/mol. The van der Waals surface area contributed by atoms with E-state index in [4.69, 9.17) is 17.7 Å². The molecule has 0 bridgehead atoms. The summed E-state index contributed by atoms with van der Waals surface area (Å²) in [6.45, 7) is 0. The molecule has 44 valence electrons. The van der Waals surface area contributed by atoms with Crippen molar-refractivity contribution in [1.82, 2.24) is 0 Å². The molecule has 7 heteroatoms. The zero-order valence-corrected chi connectivity index (χ0v) is 8.97. The normalized spacial score (nSPS) is 5.57. The van der Waals surface area contributed by atoms with Gasteiger partial charge in [-0.15, -0.1) is 0 Å². The van der Waals surface area contributed by atoms with Gasteiger partial charge in [0.1, 0.15) is 0 Å². The molecule has 0 aliphatic carbocycles. The van der Waals surface area contributed by atoms with Crippen molar-refractivity contribution in [1.29, 1.82) is 0 Å². The first-order valence-corrected chi connectivity index (χ1v) is 3.32. The zero-order valence-electron chi connectivity index (χ0n) is 3.03. The Hall–Kier alpha value is 1.33. The first-order valence-electron chi connectivity index (χ1n) is 0.818. The minimum atomic E-state index is -3.13. The third kappa shape index (κ3) is 118. The number of rotatable bonds is 0. The van der Waals surface area contributed by atoms with Crippen molar-refractivity contribution in [2.45, 2.75) is 0 Å². The fraction of sp³-hybridized carbons (Fsp3) is 0. The van der Waals surface area contributed by atoms with Crippen LogP contribution in [0.3, 0.4) is 0 Å². The molecule has 0 fully saturated rings. The van der Waals surface area contributed by atoms with E-state index in [-0.39, 0.29) is 21.1 Å². The van der Waals surface area contributed by atoms with Gasteiger partial charge in [0.25, 0.3) is 0 Å². The summed E-state index contributed by atoms with van der Waals surface area (Å²) >= 11 is 0.333. The van der Waals surface area contributed by atoms with Crippen molar-refractivity contribution >= 4 is 8.25 Å². The second-order valence-electron chi connectivity index (χ2n) is 0.283. The van der Waals surface area contributed by atoms with Crippen LogP contribution >= 0.6 is 8.25 Å². The van der Waals surface area contributed by atoms with E-state index in [9.17, 15) is 0 Å². The molecular weight excluding hydrogens is 375 g/mol. The average Bonchev–Trinajstić information content (AvgIpc) is 1.41. The molecule has 2 N–H and O–H groups in total. The fourth-order valence-electron chi connectivity index (χ4n) is 0. The van der Waals surface area contributed by atoms with Crippen LogP contribution < -0.4 is 0 Å². The van der Waals surface area contributed by atoms with Gasteiger partial charge < -0.3 is 9.79 Å². The molecule has 0 aliphatic heterocycles. The van der Waals surface area contributed by atoms with E-state index in [1.807, 2.05) is 0 Å². The molecule has 0 unspecified atom stereocenters. The van der Waals surface area contributed by atoms with Crippen LogP contribution in [-0.2, 0) is 48.8 Å². The monoisotopic (exact) mass is 380 g/mol. The van der Waals surface area contributed by atoms with E-state index >= 15 is 0 Å². The molecule has 4 nitrogen and oxygen atoms in total. The Morgan fingerprint density at radius 2 is 1.29 bits per heavy atom. The van der Waals surface area contributed by atoms with Crippen LogP contribution in [0.1, 0.15) is 0 Å². The molecule has 0 heterocycles. The Bertz CT molecular complexity index is 43.0. The molecule has 0 radical (unpaired) electrons. The molecule has 0 saturated heterocycles. The molecule has 0 aromatic carbocycles. The third-order valence-corrected chi connectivity index (χ3v) is 0. The predicted molar refractivity (Wildman–Crippen MR) is 14.1 cm³/mol. The summed E-state index contributed by atoms with van der Waals surface area (Å²) in [4.78, 5) is 14.3. The topological polar surface area (TPSA) is 74.6 Å². The molecule has 0 atom stereocenters. The zero-order chi connectivity index (χ0) is 5.58. The van der Waals surface area contributed by atoms with E-state index < -0.39 is 8.25 Å². The summed E-state index contributed by atoms with van der Waals surface area (Å²) in [5.41, 5.74) is 0. The van der Waals surface area contributed by atoms with Crippen LogP contribution in [0.25, 0.3) is 0 Å². The molecule has 0 saturated carbocycles. The van der Waals surface area contributed by atoms with Gasteiger partial charge in [0.05, 0.1) is 0 Å². The maximum atomic E-state index is 8.74. The van der Waals surface area contributed by atoms with E-state index in [1.54, 1.807) is 0 Å². The van der Waals surface area contributed by atoms with Crippen LogP contribution in [0.4, 0.5) is 0 Å². The van der Waals surface area contributed by atoms with Crippen molar-refractivity contribution < 1.29 is 58.6 Å². The van der Waals surface area contributed by atoms with E-state index in [1.165, 1.54) is 0 Å². The summed E-state index contributed by atoms with van der Waals surface area (Å²) in [5, 5.41) is 0. The van der Waals surface area contributed by atoms with Gasteiger partial charge in [-0.2, -0.15) is 0 Å². The van der Waals surface area contributed by atoms with Gasteiger partial charge in [0.2, 0.25) is 0 Å². The van der Waals surface area contributed by atoms with Crippen molar-refractivity contribution in [3.63, 3.8) is 0 Å². The van der Waals surface area contributed by atoms with Gasteiger partial charge in [-0.05, 0) is 0 Å². The van der Waals surface area contributed by atoms with E-state index in [0.29, 0.717) is 19.8 Å². The Labute approximate surface area is 66.7 Å². The van der Waals surface area contributed by atoms with Crippen LogP contribution in [-0.4, -0.2) is 9.79 Å². The van der Waals surface area contributed by atoms with Gasteiger partial charge in [-0.25, -0.2) is 0 Å². The summed E-state index contributed by atoms with van der Waals surface area (Å²) in [5.74, 6) is 0. The molecular formula is H3MoO4PW. The minimum absolute atomic E-state index is 0. The first kappa shape index (κ1) is 15.8. The fourth-order valence-corrected chi connectivity index (χ4v) is 0. The second kappa shape index (κ2) is 15.7. The summed E-state index contributed by atoms with van der Waals surface area (Å²) in [7, 11) is -3.13. The molecule has 7 heavy (non-hydrogen) atoms. The van der Waals surface area contributed by atoms with Gasteiger partial charge in [-0.3, -0.25) is 4.57 Å². The van der Waals surface area contributed by atoms with Crippen molar-refractivity contribution in [3.8, 4) is 0 Å². The Morgan fingerprint density at radius 3 is 1.29 bits per heavy atom. The van der Waals surface area contributed by atoms with Crippen LogP contribution in [0.5, 0.6) is 0 Å². The van der Waals surface area contributed by atoms with Gasteiger partial charge in [0, 0.05) is 21.1 Å². The molecule has 0 aliphatic rings. The van der Waals surface area contributed by atoms with Crippen LogP contribution in [0.15, 0.2) is 0 Å². The summed E-state index contributed by atoms with van der Waals surface area (Å²) < 4.78 is 17.1. The Kier molecular flexibility index (Phi) is 35.3. The Morgan fingerprint density at radius 1 is 1.29 bits per heavy atom. The Balaban J connectivity index is -0.0000000480. The number of hydrogen-bond donors (Lipinski definition) is 2. The number of hydrogen-bond acceptors (Lipinski definition) is 2. The van der Waals surface area contributed by atoms with Crippen molar-refractivity contribution in [2.75, 3.05) is 0 Å². The summed E-state index contributed by atoms with van der Waals surface area (Å²) in [6.07, 6.45) is 0. The standard InChI is InChI=1S/Mo.H3O3P.O.W/c;1-4(2)3;;/h;4H,(H2,1,2,3);;.